The van der Waals surface area contributed by atoms with E-state index in [0.29, 0.717) is 31.3 Å². The average Bonchev–Trinajstić information content (AvgIpc) is 3.39. The number of carbonyl (C=O) groups excluding carboxylic acids is 1. The normalized spacial score (nSPS) is 18.1. The van der Waals surface area contributed by atoms with E-state index in [-0.39, 0.29) is 18.2 Å². The Hall–Kier alpha value is -3.56. The Balaban J connectivity index is 1.27. The molecule has 1 fully saturated rings. The summed E-state index contributed by atoms with van der Waals surface area (Å²) in [4.78, 5) is 25.3. The van der Waals surface area contributed by atoms with E-state index in [0.717, 1.165) is 49.5 Å². The largest absolute Gasteiger partial charge is 0.485 e. The summed E-state index contributed by atoms with van der Waals surface area (Å²) in [6.45, 7) is 7.33. The van der Waals surface area contributed by atoms with Crippen LogP contribution in [0.2, 0.25) is 0 Å². The van der Waals surface area contributed by atoms with Crippen LogP contribution in [0.4, 0.5) is 27.8 Å². The highest BCUT2D eigenvalue weighted by Gasteiger charge is 2.33. The maximum Gasteiger partial charge on any atom is 0.410 e. The SMILES string of the molecule is CC(C)OC(=O)N1CCC(N2CCOc3c(Nc4ccc(N5CCC=N5)cc4)ncnc32)CC1. The summed E-state index contributed by atoms with van der Waals surface area (Å²) in [5.74, 6) is 2.12. The first-order chi connectivity index (χ1) is 16.6. The molecule has 5 rings (SSSR count). The number of amides is 1. The van der Waals surface area contributed by atoms with E-state index in [4.69, 9.17) is 9.47 Å². The Kier molecular flexibility index (Phi) is 6.37. The van der Waals surface area contributed by atoms with Gasteiger partial charge in [0.15, 0.2) is 11.6 Å². The first-order valence-corrected chi connectivity index (χ1v) is 12.0. The average molecular weight is 466 g/mol. The van der Waals surface area contributed by atoms with Crippen molar-refractivity contribution in [2.45, 2.75) is 45.3 Å². The number of anilines is 4. The van der Waals surface area contributed by atoms with Crippen molar-refractivity contribution in [3.63, 3.8) is 0 Å². The number of hydrogen-bond acceptors (Lipinski definition) is 9. The van der Waals surface area contributed by atoms with Gasteiger partial charge in [-0.3, -0.25) is 5.01 Å². The number of nitrogens with one attached hydrogen (secondary N) is 1. The molecule has 0 saturated carbocycles. The van der Waals surface area contributed by atoms with Crippen LogP contribution < -0.4 is 20.0 Å². The van der Waals surface area contributed by atoms with Crippen molar-refractivity contribution in [3.05, 3.63) is 30.6 Å². The number of fused-ring (bicyclic) bond motifs is 1. The van der Waals surface area contributed by atoms with Crippen molar-refractivity contribution in [2.75, 3.05) is 48.0 Å². The fourth-order valence-electron chi connectivity index (χ4n) is 4.58. The zero-order valence-corrected chi connectivity index (χ0v) is 19.7. The van der Waals surface area contributed by atoms with E-state index in [1.807, 2.05) is 49.3 Å². The molecule has 1 N–H and O–H groups in total. The number of rotatable bonds is 5. The van der Waals surface area contributed by atoms with Gasteiger partial charge >= 0.3 is 6.09 Å². The lowest BCUT2D eigenvalue weighted by molar-refractivity contribution is 0.0687. The smallest absolute Gasteiger partial charge is 0.410 e. The second-order valence-electron chi connectivity index (χ2n) is 8.95. The maximum absolute atomic E-state index is 12.2. The molecule has 2 aromatic rings. The zero-order chi connectivity index (χ0) is 23.5. The van der Waals surface area contributed by atoms with E-state index in [2.05, 4.69) is 25.3 Å². The molecular formula is C24H31N7O3. The van der Waals surface area contributed by atoms with E-state index in [1.54, 1.807) is 11.2 Å². The van der Waals surface area contributed by atoms with E-state index in [1.165, 1.54) is 0 Å². The highest BCUT2D eigenvalue weighted by molar-refractivity contribution is 5.72. The zero-order valence-electron chi connectivity index (χ0n) is 19.7. The Morgan fingerprint density at radius 2 is 1.91 bits per heavy atom. The number of benzene rings is 1. The quantitative estimate of drug-likeness (QED) is 0.715. The van der Waals surface area contributed by atoms with Gasteiger partial charge in [-0.1, -0.05) is 0 Å². The van der Waals surface area contributed by atoms with Gasteiger partial charge in [0.2, 0.25) is 5.75 Å². The Labute approximate surface area is 199 Å². The molecule has 0 bridgehead atoms. The summed E-state index contributed by atoms with van der Waals surface area (Å²) >= 11 is 0. The highest BCUT2D eigenvalue weighted by Crippen LogP contribution is 2.38. The molecule has 0 spiro atoms. The lowest BCUT2D eigenvalue weighted by Crippen LogP contribution is -2.49. The van der Waals surface area contributed by atoms with Crippen LogP contribution >= 0.6 is 0 Å². The minimum atomic E-state index is -0.229. The first kappa shape index (κ1) is 22.2. The molecule has 180 valence electrons. The molecule has 3 aliphatic heterocycles. The van der Waals surface area contributed by atoms with Gasteiger partial charge in [0.1, 0.15) is 12.9 Å². The summed E-state index contributed by atoms with van der Waals surface area (Å²) in [5.41, 5.74) is 1.99. The number of nitrogens with zero attached hydrogens (tertiary/aromatic N) is 6. The standard InChI is InChI=1S/C24H31N7O3/c1-17(2)34-24(32)29-12-8-19(9-13-29)30-14-15-33-21-22(25-16-26-23(21)30)28-18-4-6-20(7-5-18)31-11-3-10-27-31/h4-7,10,16-17,19H,3,8-9,11-15H2,1-2H3,(H,25,26,28). The lowest BCUT2D eigenvalue weighted by Gasteiger charge is -2.41. The lowest BCUT2D eigenvalue weighted by atomic mass is 10.0. The monoisotopic (exact) mass is 465 g/mol. The summed E-state index contributed by atoms with van der Waals surface area (Å²) in [7, 11) is 0. The summed E-state index contributed by atoms with van der Waals surface area (Å²) < 4.78 is 11.4. The molecule has 0 atom stereocenters. The van der Waals surface area contributed by atoms with E-state index in [9.17, 15) is 4.79 Å². The number of piperidine rings is 1. The van der Waals surface area contributed by atoms with Crippen LogP contribution in [0.15, 0.2) is 35.7 Å². The second kappa shape index (κ2) is 9.74. The van der Waals surface area contributed by atoms with Crippen molar-refractivity contribution >= 4 is 35.3 Å². The van der Waals surface area contributed by atoms with Crippen LogP contribution in [0, 0.1) is 0 Å². The van der Waals surface area contributed by atoms with Gasteiger partial charge in [-0.25, -0.2) is 14.8 Å². The Bertz CT molecular complexity index is 1040. The number of hydrogen-bond donors (Lipinski definition) is 1. The van der Waals surface area contributed by atoms with Crippen LogP contribution in [0.5, 0.6) is 5.75 Å². The molecule has 0 unspecified atom stereocenters. The molecule has 1 aromatic heterocycles. The van der Waals surface area contributed by atoms with Gasteiger partial charge in [-0.15, -0.1) is 0 Å². The van der Waals surface area contributed by atoms with E-state index >= 15 is 0 Å². The van der Waals surface area contributed by atoms with Crippen LogP contribution in [0.3, 0.4) is 0 Å². The number of ether oxygens (including phenoxy) is 2. The molecule has 0 radical (unpaired) electrons. The fourth-order valence-corrected chi connectivity index (χ4v) is 4.58. The summed E-state index contributed by atoms with van der Waals surface area (Å²) in [5, 5.41) is 9.75. The van der Waals surface area contributed by atoms with Gasteiger partial charge in [0, 0.05) is 44.0 Å². The van der Waals surface area contributed by atoms with Gasteiger partial charge in [0.05, 0.1) is 18.3 Å². The third-order valence-electron chi connectivity index (χ3n) is 6.25. The molecule has 0 aliphatic carbocycles. The van der Waals surface area contributed by atoms with Gasteiger partial charge in [-0.05, 0) is 51.0 Å². The molecule has 3 aliphatic rings. The van der Waals surface area contributed by atoms with Gasteiger partial charge < -0.3 is 24.6 Å². The van der Waals surface area contributed by atoms with Crippen molar-refractivity contribution < 1.29 is 14.3 Å². The predicted molar refractivity (Wildman–Crippen MR) is 131 cm³/mol. The molecule has 10 heteroatoms. The van der Waals surface area contributed by atoms with Crippen molar-refractivity contribution in [1.29, 1.82) is 0 Å². The topological polar surface area (TPSA) is 95.4 Å². The first-order valence-electron chi connectivity index (χ1n) is 12.0. The van der Waals surface area contributed by atoms with E-state index < -0.39 is 0 Å². The third-order valence-corrected chi connectivity index (χ3v) is 6.25. The number of carbonyl (C=O) groups is 1. The Morgan fingerprint density at radius 1 is 1.12 bits per heavy atom. The molecule has 1 saturated heterocycles. The minimum absolute atomic E-state index is 0.108. The summed E-state index contributed by atoms with van der Waals surface area (Å²) in [6, 6.07) is 8.41. The third kappa shape index (κ3) is 4.71. The summed E-state index contributed by atoms with van der Waals surface area (Å²) in [6.07, 6.45) is 5.87. The van der Waals surface area contributed by atoms with Crippen molar-refractivity contribution in [1.82, 2.24) is 14.9 Å². The molecule has 10 nitrogen and oxygen atoms in total. The molecule has 1 aromatic carbocycles. The number of aromatic nitrogens is 2. The second-order valence-corrected chi connectivity index (χ2v) is 8.95. The van der Waals surface area contributed by atoms with Crippen LogP contribution in [-0.2, 0) is 4.74 Å². The van der Waals surface area contributed by atoms with Crippen LogP contribution in [0.25, 0.3) is 0 Å². The molecule has 4 heterocycles. The van der Waals surface area contributed by atoms with Gasteiger partial charge in [0.25, 0.3) is 0 Å². The van der Waals surface area contributed by atoms with Crippen LogP contribution in [0.1, 0.15) is 33.1 Å². The number of hydrazone groups is 1. The molecule has 1 amide bonds. The van der Waals surface area contributed by atoms with Crippen molar-refractivity contribution in [2.24, 2.45) is 5.10 Å². The molecular weight excluding hydrogens is 434 g/mol. The highest BCUT2D eigenvalue weighted by atomic mass is 16.6. The fraction of sp³-hybridized carbons (Fsp3) is 0.500. The van der Waals surface area contributed by atoms with Crippen molar-refractivity contribution in [3.8, 4) is 5.75 Å². The number of likely N-dealkylation sites (tertiary alicyclic amines) is 1. The molecule has 34 heavy (non-hydrogen) atoms. The maximum atomic E-state index is 12.2. The Morgan fingerprint density at radius 3 is 2.62 bits per heavy atom. The minimum Gasteiger partial charge on any atom is -0.485 e. The predicted octanol–water partition coefficient (Wildman–Crippen LogP) is 3.62. The van der Waals surface area contributed by atoms with Crippen LogP contribution in [-0.4, -0.2) is 72.1 Å². The van der Waals surface area contributed by atoms with Gasteiger partial charge in [-0.2, -0.15) is 5.10 Å².